The molecule has 0 spiro atoms. The van der Waals surface area contributed by atoms with Crippen molar-refractivity contribution in [1.82, 2.24) is 20.4 Å². The van der Waals surface area contributed by atoms with E-state index >= 15 is 0 Å². The van der Waals surface area contributed by atoms with Gasteiger partial charge in [0.05, 0.1) is 12.2 Å². The van der Waals surface area contributed by atoms with Gasteiger partial charge in [-0.2, -0.15) is 5.10 Å². The highest BCUT2D eigenvalue weighted by atomic mass is 127. The number of guanidine groups is 1. The largest absolute Gasteiger partial charge is 0.351 e. The summed E-state index contributed by atoms with van der Waals surface area (Å²) in [5, 5.41) is 10.3. The van der Waals surface area contributed by atoms with Crippen LogP contribution in [0.3, 0.4) is 0 Å². The third kappa shape index (κ3) is 3.75. The summed E-state index contributed by atoms with van der Waals surface area (Å²) in [7, 11) is 1.83. The number of aliphatic imine (C=N–C) groups is 1. The van der Waals surface area contributed by atoms with Crippen molar-refractivity contribution in [3.8, 4) is 0 Å². The molecule has 2 heterocycles. The number of nitrogens with zero attached hydrogens (tertiary/aromatic N) is 3. The molecule has 0 bridgehead atoms. The fourth-order valence-electron chi connectivity index (χ4n) is 2.57. The molecule has 1 aromatic heterocycles. The highest BCUT2D eigenvalue weighted by Crippen LogP contribution is 2.18. The molecule has 6 heteroatoms. The molecular weight excluding hydrogens is 377 g/mol. The Morgan fingerprint density at radius 1 is 1.33 bits per heavy atom. The van der Waals surface area contributed by atoms with E-state index < -0.39 is 0 Å². The minimum Gasteiger partial charge on any atom is -0.351 e. The standard InChI is InChI=1S/C15H19N5.HI/c1-16-15(17-10-14-6-8-18-19-14)20-9-7-12-4-2-3-5-13(12)11-20;/h2-6,8H,7,9-11H2,1H3,(H,16,17)(H,18,19);1H. The Balaban J connectivity index is 0.00000161. The number of benzene rings is 1. The minimum absolute atomic E-state index is 0. The zero-order valence-corrected chi connectivity index (χ0v) is 14.4. The summed E-state index contributed by atoms with van der Waals surface area (Å²) in [5.74, 6) is 0.939. The van der Waals surface area contributed by atoms with Crippen LogP contribution in [0.15, 0.2) is 41.5 Å². The maximum atomic E-state index is 4.38. The first-order chi connectivity index (χ1) is 9.86. The van der Waals surface area contributed by atoms with Gasteiger partial charge in [0.1, 0.15) is 0 Å². The van der Waals surface area contributed by atoms with Gasteiger partial charge >= 0.3 is 0 Å². The van der Waals surface area contributed by atoms with Gasteiger partial charge in [-0.05, 0) is 23.6 Å². The van der Waals surface area contributed by atoms with E-state index in [4.69, 9.17) is 0 Å². The fourth-order valence-corrected chi connectivity index (χ4v) is 2.57. The van der Waals surface area contributed by atoms with Gasteiger partial charge < -0.3 is 10.2 Å². The number of rotatable bonds is 2. The van der Waals surface area contributed by atoms with Crippen LogP contribution in [-0.4, -0.2) is 34.6 Å². The fraction of sp³-hybridized carbons (Fsp3) is 0.333. The molecule has 112 valence electrons. The molecule has 0 saturated carbocycles. The van der Waals surface area contributed by atoms with E-state index in [0.717, 1.165) is 31.2 Å². The molecule has 2 N–H and O–H groups in total. The van der Waals surface area contributed by atoms with Gasteiger partial charge in [-0.1, -0.05) is 24.3 Å². The average molecular weight is 397 g/mol. The smallest absolute Gasteiger partial charge is 0.194 e. The molecule has 0 fully saturated rings. The first-order valence-corrected chi connectivity index (χ1v) is 6.87. The molecule has 3 rings (SSSR count). The van der Waals surface area contributed by atoms with Crippen LogP contribution in [-0.2, 0) is 19.5 Å². The number of halogens is 1. The Kier molecular flexibility index (Phi) is 5.60. The molecular formula is C15H20IN5. The number of aromatic nitrogens is 2. The number of hydrogen-bond donors (Lipinski definition) is 2. The molecule has 1 aliphatic heterocycles. The van der Waals surface area contributed by atoms with Crippen LogP contribution in [0.4, 0.5) is 0 Å². The monoisotopic (exact) mass is 397 g/mol. The molecule has 21 heavy (non-hydrogen) atoms. The van der Waals surface area contributed by atoms with E-state index in [1.165, 1.54) is 11.1 Å². The normalized spacial score (nSPS) is 14.3. The zero-order valence-electron chi connectivity index (χ0n) is 12.0. The molecule has 0 aliphatic carbocycles. The van der Waals surface area contributed by atoms with Crippen LogP contribution < -0.4 is 5.32 Å². The van der Waals surface area contributed by atoms with Crippen molar-refractivity contribution in [3.63, 3.8) is 0 Å². The number of hydrogen-bond acceptors (Lipinski definition) is 2. The maximum absolute atomic E-state index is 4.38. The summed E-state index contributed by atoms with van der Waals surface area (Å²) in [6.07, 6.45) is 2.83. The Morgan fingerprint density at radius 2 is 2.14 bits per heavy atom. The lowest BCUT2D eigenvalue weighted by atomic mass is 10.0. The van der Waals surface area contributed by atoms with Crippen LogP contribution in [0.1, 0.15) is 16.8 Å². The molecule has 1 aliphatic rings. The van der Waals surface area contributed by atoms with Gasteiger partial charge in [0.15, 0.2) is 5.96 Å². The van der Waals surface area contributed by atoms with Crippen LogP contribution in [0.2, 0.25) is 0 Å². The van der Waals surface area contributed by atoms with Gasteiger partial charge in [0.25, 0.3) is 0 Å². The summed E-state index contributed by atoms with van der Waals surface area (Å²) >= 11 is 0. The van der Waals surface area contributed by atoms with Gasteiger partial charge in [0, 0.05) is 26.3 Å². The highest BCUT2D eigenvalue weighted by Gasteiger charge is 2.18. The van der Waals surface area contributed by atoms with E-state index in [1.807, 2.05) is 13.1 Å². The third-order valence-corrected chi connectivity index (χ3v) is 3.64. The highest BCUT2D eigenvalue weighted by molar-refractivity contribution is 14.0. The van der Waals surface area contributed by atoms with Crippen molar-refractivity contribution in [1.29, 1.82) is 0 Å². The van der Waals surface area contributed by atoms with Crippen LogP contribution in [0, 0.1) is 0 Å². The number of H-pyrrole nitrogens is 1. The first kappa shape index (κ1) is 15.8. The molecule has 1 aromatic carbocycles. The molecule has 0 atom stereocenters. The molecule has 0 amide bonds. The van der Waals surface area contributed by atoms with Crippen LogP contribution >= 0.6 is 24.0 Å². The Labute approximate surface area is 141 Å². The Hall–Kier alpha value is -1.57. The van der Waals surface area contributed by atoms with Crippen molar-refractivity contribution in [2.24, 2.45) is 4.99 Å². The molecule has 2 aromatic rings. The number of fused-ring (bicyclic) bond motifs is 1. The minimum atomic E-state index is 0. The summed E-state index contributed by atoms with van der Waals surface area (Å²) in [6, 6.07) is 10.6. The Morgan fingerprint density at radius 3 is 2.86 bits per heavy atom. The van der Waals surface area contributed by atoms with Gasteiger partial charge in [0.2, 0.25) is 0 Å². The summed E-state index contributed by atoms with van der Waals surface area (Å²) in [6.45, 7) is 2.63. The second kappa shape index (κ2) is 7.44. The molecule has 0 saturated heterocycles. The maximum Gasteiger partial charge on any atom is 0.194 e. The number of nitrogens with one attached hydrogen (secondary N) is 2. The van der Waals surface area contributed by atoms with E-state index in [9.17, 15) is 0 Å². The third-order valence-electron chi connectivity index (χ3n) is 3.64. The average Bonchev–Trinajstić information content (AvgIpc) is 3.01. The van der Waals surface area contributed by atoms with Crippen molar-refractivity contribution in [2.45, 2.75) is 19.5 Å². The quantitative estimate of drug-likeness (QED) is 0.464. The van der Waals surface area contributed by atoms with E-state index in [1.54, 1.807) is 6.20 Å². The number of aromatic amines is 1. The second-order valence-corrected chi connectivity index (χ2v) is 4.92. The Bertz CT molecular complexity index is 594. The molecule has 0 unspecified atom stereocenters. The lowest BCUT2D eigenvalue weighted by molar-refractivity contribution is 0.378. The predicted octanol–water partition coefficient (Wildman–Crippen LogP) is 2.16. The molecule has 5 nitrogen and oxygen atoms in total. The second-order valence-electron chi connectivity index (χ2n) is 4.92. The van der Waals surface area contributed by atoms with Gasteiger partial charge in [-0.15, -0.1) is 24.0 Å². The van der Waals surface area contributed by atoms with Crippen LogP contribution in [0.5, 0.6) is 0 Å². The van der Waals surface area contributed by atoms with Crippen molar-refractivity contribution in [2.75, 3.05) is 13.6 Å². The van der Waals surface area contributed by atoms with E-state index in [-0.39, 0.29) is 24.0 Å². The summed E-state index contributed by atoms with van der Waals surface area (Å²) in [4.78, 5) is 6.67. The van der Waals surface area contributed by atoms with E-state index in [0.29, 0.717) is 6.54 Å². The van der Waals surface area contributed by atoms with E-state index in [2.05, 4.69) is 49.7 Å². The summed E-state index contributed by atoms with van der Waals surface area (Å²) < 4.78 is 0. The summed E-state index contributed by atoms with van der Waals surface area (Å²) in [5.41, 5.74) is 3.90. The van der Waals surface area contributed by atoms with Crippen molar-refractivity contribution >= 4 is 29.9 Å². The lowest BCUT2D eigenvalue weighted by Gasteiger charge is -2.31. The van der Waals surface area contributed by atoms with Crippen LogP contribution in [0.25, 0.3) is 0 Å². The lowest BCUT2D eigenvalue weighted by Crippen LogP contribution is -2.43. The van der Waals surface area contributed by atoms with Gasteiger partial charge in [-0.25, -0.2) is 0 Å². The van der Waals surface area contributed by atoms with Crippen molar-refractivity contribution < 1.29 is 0 Å². The van der Waals surface area contributed by atoms with Crippen molar-refractivity contribution in [3.05, 3.63) is 53.3 Å². The topological polar surface area (TPSA) is 56.3 Å². The first-order valence-electron chi connectivity index (χ1n) is 6.87. The van der Waals surface area contributed by atoms with Gasteiger partial charge in [-0.3, -0.25) is 10.1 Å². The SMILES string of the molecule is CN=C(NCc1ccn[nH]1)N1CCc2ccccc2C1.I. The zero-order chi connectivity index (χ0) is 13.8. The molecule has 0 radical (unpaired) electrons. The predicted molar refractivity (Wildman–Crippen MR) is 94.8 cm³/mol.